The summed E-state index contributed by atoms with van der Waals surface area (Å²) in [5, 5.41) is 3.71. The maximum Gasteiger partial charge on any atom is 0.203 e. The Hall–Kier alpha value is -1.03. The van der Waals surface area contributed by atoms with Crippen molar-refractivity contribution in [2.45, 2.75) is 64.0 Å². The van der Waals surface area contributed by atoms with E-state index in [1.54, 1.807) is 0 Å². The van der Waals surface area contributed by atoms with Gasteiger partial charge >= 0.3 is 0 Å². The predicted molar refractivity (Wildman–Crippen MR) is 83.2 cm³/mol. The molecule has 2 heterocycles. The molecule has 0 radical (unpaired) electrons. The maximum atomic E-state index is 4.74. The fraction of sp³-hybridized carbons (Fsp3) is 0.812. The zero-order valence-electron chi connectivity index (χ0n) is 12.9. The number of imidazole rings is 1. The summed E-state index contributed by atoms with van der Waals surface area (Å²) in [6.45, 7) is 4.47. The smallest absolute Gasteiger partial charge is 0.203 e. The Kier molecular flexibility index (Phi) is 4.29. The molecule has 0 spiro atoms. The van der Waals surface area contributed by atoms with Crippen LogP contribution in [0.4, 0.5) is 5.95 Å². The lowest BCUT2D eigenvalue weighted by atomic mass is 9.95. The second-order valence-electron chi connectivity index (χ2n) is 6.65. The van der Waals surface area contributed by atoms with Gasteiger partial charge in [-0.2, -0.15) is 0 Å². The summed E-state index contributed by atoms with van der Waals surface area (Å²) in [6, 6.07) is 1.21. The summed E-state index contributed by atoms with van der Waals surface area (Å²) in [7, 11) is 2.21. The highest BCUT2D eigenvalue weighted by molar-refractivity contribution is 5.31. The number of hydrogen-bond acceptors (Lipinski definition) is 3. The number of aromatic nitrogens is 2. The molecule has 1 saturated carbocycles. The van der Waals surface area contributed by atoms with E-state index in [1.165, 1.54) is 51.5 Å². The molecule has 1 saturated heterocycles. The predicted octanol–water partition coefficient (Wildman–Crippen LogP) is 3.20. The van der Waals surface area contributed by atoms with Crippen molar-refractivity contribution in [3.05, 3.63) is 11.9 Å². The van der Waals surface area contributed by atoms with Gasteiger partial charge < -0.3 is 14.8 Å². The number of hydrogen-bond donors (Lipinski definition) is 1. The lowest BCUT2D eigenvalue weighted by molar-refractivity contribution is 0.259. The third-order valence-electron chi connectivity index (χ3n) is 4.78. The maximum absolute atomic E-state index is 4.74. The molecule has 1 aliphatic heterocycles. The van der Waals surface area contributed by atoms with E-state index in [-0.39, 0.29) is 0 Å². The van der Waals surface area contributed by atoms with Gasteiger partial charge in [0, 0.05) is 24.8 Å². The van der Waals surface area contributed by atoms with Crippen LogP contribution in [0.5, 0.6) is 0 Å². The van der Waals surface area contributed by atoms with E-state index in [9.17, 15) is 0 Å². The second-order valence-corrected chi connectivity index (χ2v) is 6.65. The average molecular weight is 276 g/mol. The molecule has 0 bridgehead atoms. The molecule has 20 heavy (non-hydrogen) atoms. The summed E-state index contributed by atoms with van der Waals surface area (Å²) in [6.07, 6.45) is 11.6. The summed E-state index contributed by atoms with van der Waals surface area (Å²) in [5.41, 5.74) is 1.14. The number of piperidine rings is 1. The number of aryl methyl sites for hydroxylation is 1. The van der Waals surface area contributed by atoms with Crippen LogP contribution in [0.15, 0.2) is 6.20 Å². The second kappa shape index (κ2) is 6.17. The largest absolute Gasteiger partial charge is 0.352 e. The number of nitrogens with one attached hydrogen (secondary N) is 1. The molecule has 1 aliphatic carbocycles. The molecule has 1 N–H and O–H groups in total. The standard InChI is InChI=1S/C16H28N4/c1-13-11-20(15-8-4-3-5-9-15)16(17-13)18-14-7-6-10-19(2)12-14/h11,14-15H,3-10,12H2,1-2H3,(H,17,18). The molecule has 0 aromatic carbocycles. The number of anilines is 1. The minimum Gasteiger partial charge on any atom is -0.352 e. The van der Waals surface area contributed by atoms with Gasteiger partial charge in [0.05, 0.1) is 5.69 Å². The Bertz CT molecular complexity index is 434. The normalized spacial score (nSPS) is 25.8. The van der Waals surface area contributed by atoms with Crippen LogP contribution in [0.3, 0.4) is 0 Å². The van der Waals surface area contributed by atoms with Crippen LogP contribution in [0.2, 0.25) is 0 Å². The van der Waals surface area contributed by atoms with E-state index in [2.05, 4.69) is 35.0 Å². The molecule has 2 fully saturated rings. The first kappa shape index (κ1) is 13.9. The van der Waals surface area contributed by atoms with E-state index >= 15 is 0 Å². The highest BCUT2D eigenvalue weighted by Gasteiger charge is 2.22. The first-order valence-corrected chi connectivity index (χ1v) is 8.23. The van der Waals surface area contributed by atoms with Crippen molar-refractivity contribution in [1.82, 2.24) is 14.5 Å². The van der Waals surface area contributed by atoms with E-state index in [0.717, 1.165) is 18.2 Å². The lowest BCUT2D eigenvalue weighted by Gasteiger charge is -2.32. The summed E-state index contributed by atoms with van der Waals surface area (Å²) in [4.78, 5) is 7.16. The van der Waals surface area contributed by atoms with Crippen molar-refractivity contribution in [3.63, 3.8) is 0 Å². The Morgan fingerprint density at radius 1 is 1.15 bits per heavy atom. The summed E-state index contributed by atoms with van der Waals surface area (Å²) in [5.74, 6) is 1.11. The quantitative estimate of drug-likeness (QED) is 0.920. The Labute approximate surface area is 122 Å². The Balaban J connectivity index is 1.71. The summed E-state index contributed by atoms with van der Waals surface area (Å²) < 4.78 is 2.42. The summed E-state index contributed by atoms with van der Waals surface area (Å²) >= 11 is 0. The molecule has 1 unspecified atom stereocenters. The Morgan fingerprint density at radius 3 is 2.70 bits per heavy atom. The van der Waals surface area contributed by atoms with Gasteiger partial charge in [-0.3, -0.25) is 0 Å². The van der Waals surface area contributed by atoms with Crippen molar-refractivity contribution < 1.29 is 0 Å². The van der Waals surface area contributed by atoms with Crippen molar-refractivity contribution in [3.8, 4) is 0 Å². The van der Waals surface area contributed by atoms with Crippen molar-refractivity contribution in [1.29, 1.82) is 0 Å². The fourth-order valence-corrected chi connectivity index (χ4v) is 3.73. The number of likely N-dealkylation sites (tertiary alicyclic amines) is 1. The van der Waals surface area contributed by atoms with E-state index < -0.39 is 0 Å². The molecular weight excluding hydrogens is 248 g/mol. The molecule has 4 nitrogen and oxygen atoms in total. The van der Waals surface area contributed by atoms with Crippen molar-refractivity contribution >= 4 is 5.95 Å². The van der Waals surface area contributed by atoms with Crippen LogP contribution in [0.1, 0.15) is 56.7 Å². The SMILES string of the molecule is Cc1cn(C2CCCCC2)c(NC2CCCN(C)C2)n1. The van der Waals surface area contributed by atoms with Gasteiger partial charge in [0.1, 0.15) is 0 Å². The Morgan fingerprint density at radius 2 is 1.95 bits per heavy atom. The molecule has 1 aromatic heterocycles. The van der Waals surface area contributed by atoms with Crippen molar-refractivity contribution in [2.24, 2.45) is 0 Å². The first-order chi connectivity index (χ1) is 9.72. The molecule has 0 amide bonds. The molecular formula is C16H28N4. The monoisotopic (exact) mass is 276 g/mol. The first-order valence-electron chi connectivity index (χ1n) is 8.23. The van der Waals surface area contributed by atoms with Gasteiger partial charge in [0.15, 0.2) is 0 Å². The zero-order chi connectivity index (χ0) is 13.9. The van der Waals surface area contributed by atoms with Crippen LogP contribution < -0.4 is 5.32 Å². The van der Waals surface area contributed by atoms with Gasteiger partial charge in [0.2, 0.25) is 5.95 Å². The number of rotatable bonds is 3. The van der Waals surface area contributed by atoms with Crippen LogP contribution in [-0.2, 0) is 0 Å². The van der Waals surface area contributed by atoms with Crippen LogP contribution in [-0.4, -0.2) is 40.6 Å². The van der Waals surface area contributed by atoms with Gasteiger partial charge in [-0.25, -0.2) is 4.98 Å². The third-order valence-corrected chi connectivity index (χ3v) is 4.78. The third kappa shape index (κ3) is 3.17. The van der Waals surface area contributed by atoms with Gasteiger partial charge in [-0.1, -0.05) is 19.3 Å². The van der Waals surface area contributed by atoms with E-state index in [1.807, 2.05) is 0 Å². The number of likely N-dealkylation sites (N-methyl/N-ethyl adjacent to an activating group) is 1. The van der Waals surface area contributed by atoms with Crippen LogP contribution >= 0.6 is 0 Å². The van der Waals surface area contributed by atoms with Gasteiger partial charge in [-0.05, 0) is 46.2 Å². The lowest BCUT2D eigenvalue weighted by Crippen LogP contribution is -2.40. The van der Waals surface area contributed by atoms with Crippen molar-refractivity contribution in [2.75, 3.05) is 25.5 Å². The fourth-order valence-electron chi connectivity index (χ4n) is 3.73. The average Bonchev–Trinajstić information content (AvgIpc) is 2.80. The molecule has 1 aromatic rings. The molecule has 2 aliphatic rings. The van der Waals surface area contributed by atoms with E-state index in [4.69, 9.17) is 4.98 Å². The topological polar surface area (TPSA) is 33.1 Å². The minimum absolute atomic E-state index is 0.554. The highest BCUT2D eigenvalue weighted by atomic mass is 15.2. The highest BCUT2D eigenvalue weighted by Crippen LogP contribution is 2.31. The molecule has 3 rings (SSSR count). The number of nitrogens with zero attached hydrogens (tertiary/aromatic N) is 3. The van der Waals surface area contributed by atoms with Crippen LogP contribution in [0, 0.1) is 6.92 Å². The molecule has 1 atom stereocenters. The van der Waals surface area contributed by atoms with E-state index in [0.29, 0.717) is 12.1 Å². The minimum atomic E-state index is 0.554. The zero-order valence-corrected chi connectivity index (χ0v) is 12.9. The van der Waals surface area contributed by atoms with Gasteiger partial charge in [0.25, 0.3) is 0 Å². The van der Waals surface area contributed by atoms with Gasteiger partial charge in [-0.15, -0.1) is 0 Å². The van der Waals surface area contributed by atoms with Crippen LogP contribution in [0.25, 0.3) is 0 Å². The molecule has 4 heteroatoms. The molecule has 112 valence electrons.